The molecule has 0 heterocycles. The van der Waals surface area contributed by atoms with Crippen molar-refractivity contribution in [2.24, 2.45) is 0 Å². The van der Waals surface area contributed by atoms with Crippen molar-refractivity contribution >= 4 is 11.9 Å². The third-order valence-electron chi connectivity index (χ3n) is 1.50. The summed E-state index contributed by atoms with van der Waals surface area (Å²) in [7, 11) is 2.55. The predicted molar refractivity (Wildman–Crippen MR) is 55.3 cm³/mol. The molecule has 5 nitrogen and oxygen atoms in total. The standard InChI is InChI=1S/C6H10O4.C4H10O/c1-9-5(7)3-4-6(8)10-2;1-2-3-4-5/h3-4H2,1-2H3;5H,2-4H2,1H3. The van der Waals surface area contributed by atoms with Gasteiger partial charge in [0.25, 0.3) is 0 Å². The van der Waals surface area contributed by atoms with Gasteiger partial charge in [0.1, 0.15) is 0 Å². The van der Waals surface area contributed by atoms with Crippen molar-refractivity contribution in [3.8, 4) is 0 Å². The van der Waals surface area contributed by atoms with Crippen LogP contribution in [0, 0.1) is 0 Å². The van der Waals surface area contributed by atoms with E-state index in [9.17, 15) is 9.59 Å². The molecular weight excluding hydrogens is 200 g/mol. The van der Waals surface area contributed by atoms with Crippen LogP contribution in [-0.2, 0) is 19.1 Å². The Morgan fingerprint density at radius 3 is 1.60 bits per heavy atom. The molecule has 0 aliphatic carbocycles. The maximum absolute atomic E-state index is 10.4. The van der Waals surface area contributed by atoms with E-state index >= 15 is 0 Å². The summed E-state index contributed by atoms with van der Waals surface area (Å²) in [6.07, 6.45) is 2.21. The molecule has 90 valence electrons. The lowest BCUT2D eigenvalue weighted by Gasteiger charge is -1.96. The van der Waals surface area contributed by atoms with Crippen LogP contribution in [0.25, 0.3) is 0 Å². The number of aliphatic hydroxyl groups is 1. The van der Waals surface area contributed by atoms with E-state index < -0.39 is 11.9 Å². The van der Waals surface area contributed by atoms with Crippen LogP contribution in [0.5, 0.6) is 0 Å². The zero-order valence-corrected chi connectivity index (χ0v) is 9.62. The van der Waals surface area contributed by atoms with Gasteiger partial charge in [-0.3, -0.25) is 9.59 Å². The zero-order chi connectivity index (χ0) is 12.1. The fourth-order valence-corrected chi connectivity index (χ4v) is 0.566. The van der Waals surface area contributed by atoms with Crippen LogP contribution >= 0.6 is 0 Å². The van der Waals surface area contributed by atoms with Crippen LogP contribution in [-0.4, -0.2) is 37.9 Å². The van der Waals surface area contributed by atoms with Gasteiger partial charge in [0.2, 0.25) is 0 Å². The Morgan fingerprint density at radius 2 is 1.47 bits per heavy atom. The summed E-state index contributed by atoms with van der Waals surface area (Å²) in [5.74, 6) is -0.796. The van der Waals surface area contributed by atoms with Gasteiger partial charge in [0.15, 0.2) is 0 Å². The Labute approximate surface area is 90.4 Å². The van der Waals surface area contributed by atoms with E-state index in [0.717, 1.165) is 12.8 Å². The maximum Gasteiger partial charge on any atom is 0.306 e. The number of esters is 2. The van der Waals surface area contributed by atoms with Crippen molar-refractivity contribution in [3.05, 3.63) is 0 Å². The number of unbranched alkanes of at least 4 members (excludes halogenated alkanes) is 1. The Balaban J connectivity index is 0. The first-order valence-electron chi connectivity index (χ1n) is 4.86. The first-order chi connectivity index (χ1) is 7.12. The second-order valence-electron chi connectivity index (χ2n) is 2.73. The van der Waals surface area contributed by atoms with Crippen molar-refractivity contribution in [2.45, 2.75) is 32.6 Å². The molecule has 1 N–H and O–H groups in total. The van der Waals surface area contributed by atoms with E-state index in [-0.39, 0.29) is 12.8 Å². The van der Waals surface area contributed by atoms with Gasteiger partial charge in [0, 0.05) is 6.61 Å². The SMILES string of the molecule is CCCCO.COC(=O)CCC(=O)OC. The Bertz CT molecular complexity index is 149. The molecule has 0 aromatic heterocycles. The van der Waals surface area contributed by atoms with Crippen molar-refractivity contribution in [2.75, 3.05) is 20.8 Å². The second kappa shape index (κ2) is 12.9. The Hall–Kier alpha value is -1.10. The smallest absolute Gasteiger partial charge is 0.306 e. The van der Waals surface area contributed by atoms with Crippen molar-refractivity contribution < 1.29 is 24.2 Å². The molecule has 5 heteroatoms. The van der Waals surface area contributed by atoms with E-state index in [4.69, 9.17) is 5.11 Å². The third-order valence-corrected chi connectivity index (χ3v) is 1.50. The van der Waals surface area contributed by atoms with Gasteiger partial charge in [-0.05, 0) is 6.42 Å². The molecule has 0 fully saturated rings. The highest BCUT2D eigenvalue weighted by Gasteiger charge is 2.04. The summed E-state index contributed by atoms with van der Waals surface area (Å²) in [6, 6.07) is 0. The number of carbonyl (C=O) groups excluding carboxylic acids is 2. The zero-order valence-electron chi connectivity index (χ0n) is 9.62. The molecule has 0 aliphatic rings. The molecule has 0 saturated heterocycles. The van der Waals surface area contributed by atoms with Gasteiger partial charge < -0.3 is 14.6 Å². The number of rotatable bonds is 5. The molecule has 0 aromatic rings. The van der Waals surface area contributed by atoms with E-state index in [1.165, 1.54) is 14.2 Å². The molecule has 0 saturated carbocycles. The van der Waals surface area contributed by atoms with E-state index in [2.05, 4.69) is 16.4 Å². The van der Waals surface area contributed by atoms with Gasteiger partial charge in [0.05, 0.1) is 27.1 Å². The largest absolute Gasteiger partial charge is 0.469 e. The molecule has 0 radical (unpaired) electrons. The number of hydrogen-bond acceptors (Lipinski definition) is 5. The molecule has 0 unspecified atom stereocenters. The van der Waals surface area contributed by atoms with Crippen LogP contribution in [0.15, 0.2) is 0 Å². The molecule has 0 amide bonds. The van der Waals surface area contributed by atoms with Crippen LogP contribution in [0.3, 0.4) is 0 Å². The molecule has 0 bridgehead atoms. The number of ether oxygens (including phenoxy) is 2. The summed E-state index contributed by atoms with van der Waals surface area (Å²) < 4.78 is 8.60. The molecule has 0 spiro atoms. The van der Waals surface area contributed by atoms with Crippen molar-refractivity contribution in [1.82, 2.24) is 0 Å². The van der Waals surface area contributed by atoms with Gasteiger partial charge >= 0.3 is 11.9 Å². The number of hydrogen-bond donors (Lipinski definition) is 1. The van der Waals surface area contributed by atoms with Crippen LogP contribution < -0.4 is 0 Å². The fourth-order valence-electron chi connectivity index (χ4n) is 0.566. The molecule has 15 heavy (non-hydrogen) atoms. The van der Waals surface area contributed by atoms with E-state index in [1.54, 1.807) is 0 Å². The average Bonchev–Trinajstić information content (AvgIpc) is 2.27. The Kier molecular flexibility index (Phi) is 14.0. The summed E-state index contributed by atoms with van der Waals surface area (Å²) in [4.78, 5) is 20.8. The highest BCUT2D eigenvalue weighted by atomic mass is 16.5. The molecule has 0 rings (SSSR count). The lowest BCUT2D eigenvalue weighted by molar-refractivity contribution is -0.147. The molecule has 0 aromatic carbocycles. The lowest BCUT2D eigenvalue weighted by atomic mass is 10.3. The number of methoxy groups -OCH3 is 2. The normalized spacial score (nSPS) is 8.53. The van der Waals surface area contributed by atoms with Crippen LogP contribution in [0.4, 0.5) is 0 Å². The molecule has 0 atom stereocenters. The minimum absolute atomic E-state index is 0.0865. The average molecular weight is 220 g/mol. The first kappa shape index (κ1) is 16.3. The van der Waals surface area contributed by atoms with Gasteiger partial charge in [-0.1, -0.05) is 13.3 Å². The maximum atomic E-state index is 10.4. The highest BCUT2D eigenvalue weighted by molar-refractivity contribution is 5.77. The summed E-state index contributed by atoms with van der Waals surface area (Å²) in [6.45, 7) is 2.40. The summed E-state index contributed by atoms with van der Waals surface area (Å²) in [5, 5.41) is 8.07. The first-order valence-corrected chi connectivity index (χ1v) is 4.86. The Morgan fingerprint density at radius 1 is 1.07 bits per heavy atom. The molecular formula is C10H20O5. The van der Waals surface area contributed by atoms with E-state index in [1.807, 2.05) is 0 Å². The fraction of sp³-hybridized carbons (Fsp3) is 0.800. The highest BCUT2D eigenvalue weighted by Crippen LogP contribution is 1.92. The topological polar surface area (TPSA) is 72.8 Å². The van der Waals surface area contributed by atoms with E-state index in [0.29, 0.717) is 6.61 Å². The second-order valence-corrected chi connectivity index (χ2v) is 2.73. The monoisotopic (exact) mass is 220 g/mol. The number of aliphatic hydroxyl groups excluding tert-OH is 1. The predicted octanol–water partition coefficient (Wildman–Crippen LogP) is 0.891. The third kappa shape index (κ3) is 15.6. The molecule has 0 aliphatic heterocycles. The minimum Gasteiger partial charge on any atom is -0.469 e. The van der Waals surface area contributed by atoms with Crippen molar-refractivity contribution in [3.63, 3.8) is 0 Å². The lowest BCUT2D eigenvalue weighted by Crippen LogP contribution is -2.06. The summed E-state index contributed by atoms with van der Waals surface area (Å²) in [5.41, 5.74) is 0. The quantitative estimate of drug-likeness (QED) is 0.696. The van der Waals surface area contributed by atoms with Gasteiger partial charge in [-0.15, -0.1) is 0 Å². The van der Waals surface area contributed by atoms with Crippen LogP contribution in [0.2, 0.25) is 0 Å². The minimum atomic E-state index is -0.398. The van der Waals surface area contributed by atoms with Gasteiger partial charge in [-0.2, -0.15) is 0 Å². The summed E-state index contributed by atoms with van der Waals surface area (Å²) >= 11 is 0. The van der Waals surface area contributed by atoms with Crippen LogP contribution in [0.1, 0.15) is 32.6 Å². The van der Waals surface area contributed by atoms with Crippen molar-refractivity contribution in [1.29, 1.82) is 0 Å². The van der Waals surface area contributed by atoms with Gasteiger partial charge in [-0.25, -0.2) is 0 Å². The number of carbonyl (C=O) groups is 2.